The van der Waals surface area contributed by atoms with Crippen LogP contribution in [0.15, 0.2) is 89.8 Å². The minimum absolute atomic E-state index is 0.0908. The normalized spacial score (nSPS) is 14.5. The van der Waals surface area contributed by atoms with E-state index in [2.05, 4.69) is 40.7 Å². The third-order valence-electron chi connectivity index (χ3n) is 8.10. The molecule has 1 amide bonds. The second kappa shape index (κ2) is 12.5. The Morgan fingerprint density at radius 1 is 0.933 bits per heavy atom. The molecule has 4 aromatic carbocycles. The molecule has 0 bridgehead atoms. The minimum atomic E-state index is -3.86. The lowest BCUT2D eigenvalue weighted by atomic mass is 9.87. The summed E-state index contributed by atoms with van der Waals surface area (Å²) >= 11 is 0. The standard InChI is InChI=1S/C35H38N4O5S/c1-35(2,3)25-11-14-27(15-12-25)45(41,42)38-26-13-16-31-30(23-26)32(29-10-6-8-24-7-4-5-9-28(24)29)33(37-31)44-34(40)36-17-18-39-19-21-43-22-20-39/h4-16,23,37-38H,17-22H2,1-3H3,(H,36,40). The molecule has 234 valence electrons. The number of ether oxygens (including phenoxy) is 2. The van der Waals surface area contributed by atoms with E-state index < -0.39 is 16.1 Å². The van der Waals surface area contributed by atoms with Crippen LogP contribution in [-0.2, 0) is 20.2 Å². The Kier molecular flexibility index (Phi) is 8.54. The Hall–Kier alpha value is -4.38. The van der Waals surface area contributed by atoms with Gasteiger partial charge in [-0.2, -0.15) is 0 Å². The van der Waals surface area contributed by atoms with E-state index in [1.807, 2.05) is 54.6 Å². The number of nitrogens with one attached hydrogen (secondary N) is 3. The highest BCUT2D eigenvalue weighted by molar-refractivity contribution is 7.92. The van der Waals surface area contributed by atoms with Gasteiger partial charge in [0.15, 0.2) is 0 Å². The number of H-pyrrole nitrogens is 1. The Labute approximate surface area is 263 Å². The summed E-state index contributed by atoms with van der Waals surface area (Å²) in [6, 6.07) is 26.1. The van der Waals surface area contributed by atoms with Crippen molar-refractivity contribution in [2.45, 2.75) is 31.1 Å². The molecule has 0 saturated carbocycles. The molecular formula is C35H38N4O5S. The first-order valence-corrected chi connectivity index (χ1v) is 16.6. The first-order chi connectivity index (χ1) is 21.6. The van der Waals surface area contributed by atoms with Crippen LogP contribution >= 0.6 is 0 Å². The number of hydrogen-bond donors (Lipinski definition) is 3. The quantitative estimate of drug-likeness (QED) is 0.181. The topological polar surface area (TPSA) is 113 Å². The molecule has 1 aliphatic heterocycles. The van der Waals surface area contributed by atoms with Gasteiger partial charge in [0.1, 0.15) is 0 Å². The average Bonchev–Trinajstić information content (AvgIpc) is 3.37. The maximum Gasteiger partial charge on any atom is 0.413 e. The number of morpholine rings is 1. The molecule has 0 aliphatic carbocycles. The minimum Gasteiger partial charge on any atom is -0.393 e. The van der Waals surface area contributed by atoms with E-state index in [0.29, 0.717) is 48.5 Å². The zero-order valence-corrected chi connectivity index (χ0v) is 26.5. The van der Waals surface area contributed by atoms with E-state index in [4.69, 9.17) is 9.47 Å². The highest BCUT2D eigenvalue weighted by atomic mass is 32.2. The number of sulfonamides is 1. The van der Waals surface area contributed by atoms with Gasteiger partial charge in [0.2, 0.25) is 5.88 Å². The predicted octanol–water partition coefficient (Wildman–Crippen LogP) is 6.51. The lowest BCUT2D eigenvalue weighted by molar-refractivity contribution is 0.0385. The number of aromatic nitrogens is 1. The smallest absolute Gasteiger partial charge is 0.393 e. The summed E-state index contributed by atoms with van der Waals surface area (Å²) in [6.45, 7) is 10.4. The molecule has 1 fully saturated rings. The van der Waals surface area contributed by atoms with Gasteiger partial charge in [-0.15, -0.1) is 0 Å². The van der Waals surface area contributed by atoms with Gasteiger partial charge in [0.25, 0.3) is 10.0 Å². The second-order valence-electron chi connectivity index (χ2n) is 12.3. The average molecular weight is 627 g/mol. The fourth-order valence-electron chi connectivity index (χ4n) is 5.64. The molecule has 0 atom stereocenters. The van der Waals surface area contributed by atoms with Crippen LogP contribution in [0.3, 0.4) is 0 Å². The van der Waals surface area contributed by atoms with Gasteiger partial charge in [-0.05, 0) is 57.6 Å². The number of hydrogen-bond acceptors (Lipinski definition) is 6. The molecule has 2 heterocycles. The number of rotatable bonds is 8. The van der Waals surface area contributed by atoms with Crippen LogP contribution in [0.25, 0.3) is 32.8 Å². The van der Waals surface area contributed by atoms with Gasteiger partial charge in [0, 0.05) is 42.8 Å². The van der Waals surface area contributed by atoms with E-state index in [1.54, 1.807) is 30.3 Å². The zero-order valence-electron chi connectivity index (χ0n) is 25.7. The van der Waals surface area contributed by atoms with Crippen molar-refractivity contribution in [3.63, 3.8) is 0 Å². The van der Waals surface area contributed by atoms with E-state index in [0.717, 1.165) is 35.0 Å². The molecule has 5 aromatic rings. The van der Waals surface area contributed by atoms with Gasteiger partial charge in [0.05, 0.1) is 23.7 Å². The molecule has 0 spiro atoms. The van der Waals surface area contributed by atoms with Crippen LogP contribution in [0.2, 0.25) is 0 Å². The number of aromatic amines is 1. The fourth-order valence-corrected chi connectivity index (χ4v) is 6.69. The predicted molar refractivity (Wildman–Crippen MR) is 178 cm³/mol. The largest absolute Gasteiger partial charge is 0.413 e. The Balaban J connectivity index is 1.33. The van der Waals surface area contributed by atoms with Crippen LogP contribution in [-0.4, -0.2) is 63.8 Å². The molecule has 9 nitrogen and oxygen atoms in total. The molecule has 3 N–H and O–H groups in total. The third-order valence-corrected chi connectivity index (χ3v) is 9.50. The molecule has 45 heavy (non-hydrogen) atoms. The molecule has 6 rings (SSSR count). The molecule has 0 radical (unpaired) electrons. The van der Waals surface area contributed by atoms with Crippen molar-refractivity contribution in [2.24, 2.45) is 0 Å². The first kappa shape index (κ1) is 30.6. The van der Waals surface area contributed by atoms with Crippen molar-refractivity contribution < 1.29 is 22.7 Å². The van der Waals surface area contributed by atoms with E-state index >= 15 is 0 Å². The summed E-state index contributed by atoms with van der Waals surface area (Å²) in [7, 11) is -3.86. The lowest BCUT2D eigenvalue weighted by Crippen LogP contribution is -2.41. The monoisotopic (exact) mass is 626 g/mol. The lowest BCUT2D eigenvalue weighted by Gasteiger charge is -2.26. The number of carbonyl (C=O) groups excluding carboxylic acids is 1. The number of fused-ring (bicyclic) bond motifs is 2. The highest BCUT2D eigenvalue weighted by Gasteiger charge is 2.22. The molecule has 1 aromatic heterocycles. The van der Waals surface area contributed by atoms with E-state index in [1.165, 1.54) is 0 Å². The summed E-state index contributed by atoms with van der Waals surface area (Å²) in [5.74, 6) is 0.281. The Morgan fingerprint density at radius 3 is 2.42 bits per heavy atom. The van der Waals surface area contributed by atoms with Crippen molar-refractivity contribution in [3.05, 3.63) is 90.5 Å². The van der Waals surface area contributed by atoms with Crippen molar-refractivity contribution in [3.8, 4) is 17.0 Å². The van der Waals surface area contributed by atoms with Crippen molar-refractivity contribution in [2.75, 3.05) is 44.1 Å². The molecule has 0 unspecified atom stereocenters. The van der Waals surface area contributed by atoms with Crippen LogP contribution in [0.1, 0.15) is 26.3 Å². The summed E-state index contributed by atoms with van der Waals surface area (Å²) in [4.78, 5) is 18.6. The number of amides is 1. The number of nitrogens with zero attached hydrogens (tertiary/aromatic N) is 1. The fraction of sp³-hybridized carbons (Fsp3) is 0.286. The maximum absolute atomic E-state index is 13.4. The maximum atomic E-state index is 13.4. The van der Waals surface area contributed by atoms with Crippen molar-refractivity contribution in [1.82, 2.24) is 15.2 Å². The van der Waals surface area contributed by atoms with Crippen molar-refractivity contribution >= 4 is 43.5 Å². The van der Waals surface area contributed by atoms with Gasteiger partial charge < -0.3 is 19.8 Å². The van der Waals surface area contributed by atoms with Crippen LogP contribution in [0, 0.1) is 0 Å². The van der Waals surface area contributed by atoms with E-state index in [-0.39, 0.29) is 16.2 Å². The Morgan fingerprint density at radius 2 is 1.67 bits per heavy atom. The van der Waals surface area contributed by atoms with Gasteiger partial charge >= 0.3 is 6.09 Å². The number of anilines is 1. The highest BCUT2D eigenvalue weighted by Crippen LogP contribution is 2.42. The Bertz CT molecular complexity index is 1930. The summed E-state index contributed by atoms with van der Waals surface area (Å²) < 4.78 is 40.8. The third kappa shape index (κ3) is 6.83. The van der Waals surface area contributed by atoms with Gasteiger partial charge in [-0.25, -0.2) is 13.2 Å². The van der Waals surface area contributed by atoms with Crippen LogP contribution < -0.4 is 14.8 Å². The first-order valence-electron chi connectivity index (χ1n) is 15.1. The summed E-state index contributed by atoms with van der Waals surface area (Å²) in [5, 5.41) is 5.57. The van der Waals surface area contributed by atoms with Gasteiger partial charge in [-0.3, -0.25) is 9.62 Å². The number of carbonyl (C=O) groups is 1. The molecule has 1 saturated heterocycles. The summed E-state index contributed by atoms with van der Waals surface area (Å²) in [6.07, 6.45) is -0.573. The van der Waals surface area contributed by atoms with Crippen LogP contribution in [0.5, 0.6) is 5.88 Å². The van der Waals surface area contributed by atoms with E-state index in [9.17, 15) is 13.2 Å². The van der Waals surface area contributed by atoms with Crippen molar-refractivity contribution in [1.29, 1.82) is 0 Å². The zero-order chi connectivity index (χ0) is 31.6. The van der Waals surface area contributed by atoms with Crippen LogP contribution in [0.4, 0.5) is 10.5 Å². The molecule has 1 aliphatic rings. The van der Waals surface area contributed by atoms with Gasteiger partial charge in [-0.1, -0.05) is 75.4 Å². The molecular weight excluding hydrogens is 588 g/mol. The number of benzene rings is 4. The second-order valence-corrected chi connectivity index (χ2v) is 13.9. The summed E-state index contributed by atoms with van der Waals surface area (Å²) in [5.41, 5.74) is 3.57. The SMILES string of the molecule is CC(C)(C)c1ccc(S(=O)(=O)Nc2ccc3[nH]c(OC(=O)NCCN4CCOCC4)c(-c4cccc5ccccc45)c3c2)cc1. The molecule has 10 heteroatoms.